The van der Waals surface area contributed by atoms with Crippen molar-refractivity contribution in [3.05, 3.63) is 35.4 Å². The fraction of sp³-hybridized carbons (Fsp3) is 0.476. The van der Waals surface area contributed by atoms with E-state index in [-0.39, 0.29) is 29.6 Å². The van der Waals surface area contributed by atoms with Crippen LogP contribution in [-0.2, 0) is 19.1 Å². The van der Waals surface area contributed by atoms with E-state index in [9.17, 15) is 19.2 Å². The molecule has 168 valence electrons. The van der Waals surface area contributed by atoms with E-state index < -0.39 is 23.9 Å². The van der Waals surface area contributed by atoms with Gasteiger partial charge in [-0.1, -0.05) is 13.8 Å². The van der Waals surface area contributed by atoms with E-state index in [4.69, 9.17) is 17.0 Å². The topological polar surface area (TPSA) is 114 Å². The van der Waals surface area contributed by atoms with Crippen molar-refractivity contribution in [3.63, 3.8) is 0 Å². The molecular weight excluding hydrogens is 422 g/mol. The van der Waals surface area contributed by atoms with Gasteiger partial charge in [-0.2, -0.15) is 0 Å². The van der Waals surface area contributed by atoms with Gasteiger partial charge >= 0.3 is 11.9 Å². The summed E-state index contributed by atoms with van der Waals surface area (Å²) >= 11 is 5.33. The molecule has 0 aliphatic carbocycles. The standard InChI is InChI=1S/C21H27N3O6S/c1-13(2)8-11-30-17(25)12-16-19(27)22-9-10-24(16)21(31)23-18(26)14-4-6-15(7-5-14)20(28)29-3/h4-7,13,16H,8-12H2,1-3H3,(H,22,27)(H,23,26,31). The normalized spacial score (nSPS) is 15.8. The average Bonchev–Trinajstić information content (AvgIpc) is 2.74. The van der Waals surface area contributed by atoms with E-state index >= 15 is 0 Å². The molecule has 0 spiro atoms. The number of piperazine rings is 1. The third kappa shape index (κ3) is 7.02. The Labute approximate surface area is 186 Å². The number of nitrogens with one attached hydrogen (secondary N) is 2. The molecule has 0 saturated carbocycles. The predicted octanol–water partition coefficient (Wildman–Crippen LogP) is 1.27. The van der Waals surface area contributed by atoms with Crippen molar-refractivity contribution in [2.75, 3.05) is 26.8 Å². The van der Waals surface area contributed by atoms with Crippen LogP contribution in [-0.4, -0.2) is 66.6 Å². The van der Waals surface area contributed by atoms with Crippen molar-refractivity contribution in [1.29, 1.82) is 0 Å². The first kappa shape index (κ1) is 24.3. The highest BCUT2D eigenvalue weighted by Crippen LogP contribution is 2.12. The Morgan fingerprint density at radius 3 is 2.48 bits per heavy atom. The molecule has 1 heterocycles. The van der Waals surface area contributed by atoms with Crippen molar-refractivity contribution >= 4 is 41.1 Å². The third-order valence-corrected chi connectivity index (χ3v) is 5.04. The van der Waals surface area contributed by atoms with Crippen LogP contribution in [0.5, 0.6) is 0 Å². The maximum Gasteiger partial charge on any atom is 0.337 e. The summed E-state index contributed by atoms with van der Waals surface area (Å²) in [4.78, 5) is 50.0. The molecule has 0 bridgehead atoms. The number of nitrogens with zero attached hydrogens (tertiary/aromatic N) is 1. The molecule has 10 heteroatoms. The van der Waals surface area contributed by atoms with E-state index in [2.05, 4.69) is 15.4 Å². The van der Waals surface area contributed by atoms with Gasteiger partial charge in [0.15, 0.2) is 5.11 Å². The van der Waals surface area contributed by atoms with Crippen molar-refractivity contribution in [2.45, 2.75) is 32.7 Å². The Bertz CT molecular complexity index is 840. The van der Waals surface area contributed by atoms with Crippen molar-refractivity contribution in [2.24, 2.45) is 5.92 Å². The lowest BCUT2D eigenvalue weighted by Crippen LogP contribution is -2.60. The molecule has 1 saturated heterocycles. The van der Waals surface area contributed by atoms with Gasteiger partial charge in [-0.15, -0.1) is 0 Å². The number of hydrogen-bond acceptors (Lipinski definition) is 7. The maximum absolute atomic E-state index is 12.5. The lowest BCUT2D eigenvalue weighted by molar-refractivity contribution is -0.147. The highest BCUT2D eigenvalue weighted by atomic mass is 32.1. The molecule has 1 unspecified atom stereocenters. The van der Waals surface area contributed by atoms with Crippen LogP contribution in [0.2, 0.25) is 0 Å². The second-order valence-corrected chi connectivity index (χ2v) is 7.82. The van der Waals surface area contributed by atoms with Gasteiger partial charge in [-0.05, 0) is 48.8 Å². The number of ether oxygens (including phenoxy) is 2. The monoisotopic (exact) mass is 449 g/mol. The van der Waals surface area contributed by atoms with Crippen LogP contribution in [0, 0.1) is 5.92 Å². The summed E-state index contributed by atoms with van der Waals surface area (Å²) in [6.07, 6.45) is 0.559. The summed E-state index contributed by atoms with van der Waals surface area (Å²) in [5.74, 6) is -1.46. The number of thiocarbonyl (C=S) groups is 1. The summed E-state index contributed by atoms with van der Waals surface area (Å²) in [5, 5.41) is 5.32. The molecule has 9 nitrogen and oxygen atoms in total. The molecular formula is C21H27N3O6S. The van der Waals surface area contributed by atoms with Gasteiger partial charge in [0.05, 0.1) is 25.7 Å². The fourth-order valence-electron chi connectivity index (χ4n) is 2.90. The smallest absolute Gasteiger partial charge is 0.337 e. The third-order valence-electron chi connectivity index (χ3n) is 4.70. The minimum absolute atomic E-state index is 0.0388. The van der Waals surface area contributed by atoms with E-state index in [1.54, 1.807) is 0 Å². The highest BCUT2D eigenvalue weighted by Gasteiger charge is 2.34. The number of benzene rings is 1. The molecule has 2 rings (SSSR count). The average molecular weight is 450 g/mol. The van der Waals surface area contributed by atoms with Crippen molar-refractivity contribution in [1.82, 2.24) is 15.5 Å². The zero-order valence-electron chi connectivity index (χ0n) is 17.8. The van der Waals surface area contributed by atoms with E-state index in [1.165, 1.54) is 36.3 Å². The predicted molar refractivity (Wildman–Crippen MR) is 116 cm³/mol. The van der Waals surface area contributed by atoms with E-state index in [1.807, 2.05) is 13.8 Å². The van der Waals surface area contributed by atoms with Gasteiger partial charge in [-0.25, -0.2) is 4.79 Å². The summed E-state index contributed by atoms with van der Waals surface area (Å²) in [7, 11) is 1.27. The lowest BCUT2D eigenvalue weighted by Gasteiger charge is -2.36. The van der Waals surface area contributed by atoms with Gasteiger partial charge in [0, 0.05) is 18.7 Å². The zero-order chi connectivity index (χ0) is 23.0. The molecule has 1 aromatic carbocycles. The highest BCUT2D eigenvalue weighted by molar-refractivity contribution is 7.80. The second-order valence-electron chi connectivity index (χ2n) is 7.44. The number of amides is 2. The number of hydrogen-bond donors (Lipinski definition) is 2. The fourth-order valence-corrected chi connectivity index (χ4v) is 3.21. The van der Waals surface area contributed by atoms with Gasteiger partial charge in [0.2, 0.25) is 5.91 Å². The SMILES string of the molecule is COC(=O)c1ccc(C(=O)NC(=S)N2CCNC(=O)C2CC(=O)OCCC(C)C)cc1. The van der Waals surface area contributed by atoms with Gasteiger partial charge < -0.3 is 19.7 Å². The minimum Gasteiger partial charge on any atom is -0.466 e. The largest absolute Gasteiger partial charge is 0.466 e. The molecule has 31 heavy (non-hydrogen) atoms. The molecule has 1 atom stereocenters. The van der Waals surface area contributed by atoms with Gasteiger partial charge in [0.1, 0.15) is 6.04 Å². The second kappa shape index (κ2) is 11.4. The number of esters is 2. The quantitative estimate of drug-likeness (QED) is 0.473. The molecule has 0 radical (unpaired) electrons. The Morgan fingerprint density at radius 1 is 1.23 bits per heavy atom. The van der Waals surface area contributed by atoms with Crippen LogP contribution in [0.3, 0.4) is 0 Å². The summed E-state index contributed by atoms with van der Waals surface area (Å²) < 4.78 is 9.84. The molecule has 0 aromatic heterocycles. The molecule has 1 aliphatic rings. The lowest BCUT2D eigenvalue weighted by atomic mass is 10.1. The Morgan fingerprint density at radius 2 is 1.87 bits per heavy atom. The van der Waals surface area contributed by atoms with Crippen LogP contribution in [0.25, 0.3) is 0 Å². The molecule has 2 amide bonds. The molecule has 1 fully saturated rings. The number of carbonyl (C=O) groups is 4. The number of rotatable bonds is 7. The maximum atomic E-state index is 12.5. The summed E-state index contributed by atoms with van der Waals surface area (Å²) in [5.41, 5.74) is 0.589. The van der Waals surface area contributed by atoms with Gasteiger partial charge in [-0.3, -0.25) is 19.7 Å². The van der Waals surface area contributed by atoms with Crippen LogP contribution in [0.15, 0.2) is 24.3 Å². The summed E-state index contributed by atoms with van der Waals surface area (Å²) in [6, 6.07) is 5.00. The first-order chi connectivity index (χ1) is 14.7. The van der Waals surface area contributed by atoms with Crippen molar-refractivity contribution in [3.8, 4) is 0 Å². The first-order valence-electron chi connectivity index (χ1n) is 9.96. The summed E-state index contributed by atoms with van der Waals surface area (Å²) in [6.45, 7) is 5.01. The Hall–Kier alpha value is -3.01. The van der Waals surface area contributed by atoms with Crippen LogP contribution in [0.1, 0.15) is 47.4 Å². The molecule has 2 N–H and O–H groups in total. The van der Waals surface area contributed by atoms with Gasteiger partial charge in [0.25, 0.3) is 5.91 Å². The van der Waals surface area contributed by atoms with Crippen LogP contribution in [0.4, 0.5) is 0 Å². The minimum atomic E-state index is -0.866. The van der Waals surface area contributed by atoms with E-state index in [0.717, 1.165) is 6.42 Å². The Balaban J connectivity index is 2.00. The first-order valence-corrected chi connectivity index (χ1v) is 10.4. The Kier molecular flexibility index (Phi) is 8.92. The van der Waals surface area contributed by atoms with Crippen molar-refractivity contribution < 1.29 is 28.7 Å². The molecule has 1 aromatic rings. The van der Waals surface area contributed by atoms with Crippen LogP contribution < -0.4 is 10.6 Å². The molecule has 1 aliphatic heterocycles. The van der Waals surface area contributed by atoms with E-state index in [0.29, 0.717) is 24.6 Å². The zero-order valence-corrected chi connectivity index (χ0v) is 18.6. The van der Waals surface area contributed by atoms with Crippen LogP contribution >= 0.6 is 12.2 Å². The number of methoxy groups -OCH3 is 1. The number of carbonyl (C=O) groups excluding carboxylic acids is 4.